The number of nitrogens with one attached hydrogen (secondary N) is 1. The molecule has 2 aromatic carbocycles. The number of carbonyl (C=O) groups is 1. The van der Waals surface area contributed by atoms with Crippen LogP contribution in [0.3, 0.4) is 0 Å². The molecule has 3 aromatic rings. The first-order valence-electron chi connectivity index (χ1n) is 7.09. The van der Waals surface area contributed by atoms with Crippen molar-refractivity contribution in [1.29, 1.82) is 0 Å². The molecule has 25 heavy (non-hydrogen) atoms. The third kappa shape index (κ3) is 3.66. The maximum Gasteiger partial charge on any atom is 0.284 e. The largest absolute Gasteiger partial charge is 0.497 e. The van der Waals surface area contributed by atoms with Gasteiger partial charge in [-0.2, -0.15) is 0 Å². The summed E-state index contributed by atoms with van der Waals surface area (Å²) in [4.78, 5) is 26.1. The van der Waals surface area contributed by atoms with Gasteiger partial charge < -0.3 is 4.74 Å². The first-order chi connectivity index (χ1) is 12.1. The van der Waals surface area contributed by atoms with Crippen LogP contribution in [-0.2, 0) is 0 Å². The Morgan fingerprint density at radius 1 is 1.24 bits per heavy atom. The molecule has 0 fully saturated rings. The third-order valence-corrected chi connectivity index (χ3v) is 4.28. The summed E-state index contributed by atoms with van der Waals surface area (Å²) in [6.45, 7) is 0. The molecule has 9 heteroatoms. The quantitative estimate of drug-likeness (QED) is 0.409. The number of aromatic nitrogens is 3. The highest BCUT2D eigenvalue weighted by atomic mass is 32.2. The molecule has 0 radical (unpaired) electrons. The van der Waals surface area contributed by atoms with E-state index in [1.54, 1.807) is 19.2 Å². The van der Waals surface area contributed by atoms with Gasteiger partial charge in [0.1, 0.15) is 12.0 Å². The molecule has 0 bridgehead atoms. The molecule has 1 heterocycles. The molecule has 1 N–H and O–H groups in total. The van der Waals surface area contributed by atoms with Crippen molar-refractivity contribution in [2.24, 2.45) is 0 Å². The van der Waals surface area contributed by atoms with Gasteiger partial charge in [0.25, 0.3) is 5.69 Å². The zero-order chi connectivity index (χ0) is 17.8. The number of ether oxygens (including phenoxy) is 1. The highest BCUT2D eigenvalue weighted by molar-refractivity contribution is 7.99. The van der Waals surface area contributed by atoms with Crippen molar-refractivity contribution in [3.63, 3.8) is 0 Å². The van der Waals surface area contributed by atoms with E-state index in [0.29, 0.717) is 22.2 Å². The minimum Gasteiger partial charge on any atom is -0.497 e. The predicted molar refractivity (Wildman–Crippen MR) is 91.0 cm³/mol. The SMILES string of the molecule is COc1ccc(-c2nc(Sc3ccc(C=O)cc3[N+](=O)[O-])n[nH]2)cc1. The fourth-order valence-corrected chi connectivity index (χ4v) is 2.90. The van der Waals surface area contributed by atoms with Gasteiger partial charge in [-0.05, 0) is 42.1 Å². The van der Waals surface area contributed by atoms with Gasteiger partial charge in [0, 0.05) is 17.2 Å². The predicted octanol–water partition coefficient (Wildman–Crippen LogP) is 3.35. The Balaban J connectivity index is 1.86. The summed E-state index contributed by atoms with van der Waals surface area (Å²) in [7, 11) is 1.58. The summed E-state index contributed by atoms with van der Waals surface area (Å²) in [5, 5.41) is 18.4. The van der Waals surface area contributed by atoms with Crippen LogP contribution in [0.5, 0.6) is 5.75 Å². The fourth-order valence-electron chi connectivity index (χ4n) is 2.11. The molecule has 8 nitrogen and oxygen atoms in total. The van der Waals surface area contributed by atoms with Crippen molar-refractivity contribution in [2.45, 2.75) is 10.1 Å². The zero-order valence-corrected chi connectivity index (χ0v) is 13.8. The normalized spacial score (nSPS) is 10.4. The average molecular weight is 356 g/mol. The summed E-state index contributed by atoms with van der Waals surface area (Å²) in [5.74, 6) is 1.26. The maximum absolute atomic E-state index is 11.2. The van der Waals surface area contributed by atoms with E-state index >= 15 is 0 Å². The van der Waals surface area contributed by atoms with Crippen molar-refractivity contribution in [1.82, 2.24) is 15.2 Å². The molecule has 0 aliphatic heterocycles. The summed E-state index contributed by atoms with van der Waals surface area (Å²) >= 11 is 1.05. The van der Waals surface area contributed by atoms with Crippen LogP contribution < -0.4 is 4.74 Å². The first kappa shape index (κ1) is 16.7. The number of carbonyl (C=O) groups excluding carboxylic acids is 1. The topological polar surface area (TPSA) is 111 Å². The van der Waals surface area contributed by atoms with E-state index in [2.05, 4.69) is 15.2 Å². The number of hydrogen-bond donors (Lipinski definition) is 1. The van der Waals surface area contributed by atoms with E-state index in [0.717, 1.165) is 23.1 Å². The summed E-state index contributed by atoms with van der Waals surface area (Å²) in [6.07, 6.45) is 0.565. The zero-order valence-electron chi connectivity index (χ0n) is 13.0. The minimum atomic E-state index is -0.535. The van der Waals surface area contributed by atoms with Gasteiger partial charge in [0.15, 0.2) is 5.82 Å². The van der Waals surface area contributed by atoms with Crippen LogP contribution in [-0.4, -0.2) is 33.5 Å². The second-order valence-electron chi connectivity index (χ2n) is 4.90. The van der Waals surface area contributed by atoms with Gasteiger partial charge in [-0.1, -0.05) is 6.07 Å². The van der Waals surface area contributed by atoms with E-state index in [1.165, 1.54) is 18.2 Å². The molecular formula is C16H12N4O4S. The molecule has 126 valence electrons. The number of hydrogen-bond acceptors (Lipinski definition) is 7. The molecule has 3 rings (SSSR count). The van der Waals surface area contributed by atoms with Gasteiger partial charge in [-0.25, -0.2) is 4.98 Å². The van der Waals surface area contributed by atoms with Crippen LogP contribution in [0.1, 0.15) is 10.4 Å². The van der Waals surface area contributed by atoms with Crippen LogP contribution in [0, 0.1) is 10.1 Å². The molecule has 0 atom stereocenters. The lowest BCUT2D eigenvalue weighted by Crippen LogP contribution is -1.93. The van der Waals surface area contributed by atoms with E-state index in [9.17, 15) is 14.9 Å². The van der Waals surface area contributed by atoms with Crippen molar-refractivity contribution in [3.05, 3.63) is 58.1 Å². The molecule has 0 spiro atoms. The number of benzene rings is 2. The lowest BCUT2D eigenvalue weighted by atomic mass is 10.2. The average Bonchev–Trinajstić information content (AvgIpc) is 3.10. The molecular weight excluding hydrogens is 344 g/mol. The third-order valence-electron chi connectivity index (χ3n) is 3.35. The number of nitro benzene ring substituents is 1. The minimum absolute atomic E-state index is 0.162. The number of H-pyrrole nitrogens is 1. The molecule has 0 unspecified atom stereocenters. The summed E-state index contributed by atoms with van der Waals surface area (Å²) in [6, 6.07) is 11.5. The first-order valence-corrected chi connectivity index (χ1v) is 7.90. The molecule has 0 amide bonds. The Hall–Kier alpha value is -3.20. The van der Waals surface area contributed by atoms with E-state index in [-0.39, 0.29) is 11.3 Å². The Morgan fingerprint density at radius 3 is 2.64 bits per heavy atom. The van der Waals surface area contributed by atoms with Crippen molar-refractivity contribution in [3.8, 4) is 17.1 Å². The highest BCUT2D eigenvalue weighted by Gasteiger charge is 2.18. The van der Waals surface area contributed by atoms with Crippen LogP contribution in [0.4, 0.5) is 5.69 Å². The van der Waals surface area contributed by atoms with Gasteiger partial charge >= 0.3 is 0 Å². The number of nitro groups is 1. The molecule has 0 saturated heterocycles. The van der Waals surface area contributed by atoms with Gasteiger partial charge in [-0.15, -0.1) is 5.10 Å². The van der Waals surface area contributed by atoms with Gasteiger partial charge in [0.2, 0.25) is 5.16 Å². The number of aromatic amines is 1. The van der Waals surface area contributed by atoms with Crippen LogP contribution in [0.2, 0.25) is 0 Å². The van der Waals surface area contributed by atoms with Crippen molar-refractivity contribution < 1.29 is 14.5 Å². The Bertz CT molecular complexity index is 924. The van der Waals surface area contributed by atoms with Gasteiger partial charge in [-0.3, -0.25) is 20.0 Å². The maximum atomic E-state index is 11.2. The highest BCUT2D eigenvalue weighted by Crippen LogP contribution is 2.34. The molecule has 0 saturated carbocycles. The van der Waals surface area contributed by atoms with Crippen LogP contribution >= 0.6 is 11.8 Å². The molecule has 0 aliphatic rings. The van der Waals surface area contributed by atoms with E-state index < -0.39 is 4.92 Å². The monoisotopic (exact) mass is 356 g/mol. The number of rotatable bonds is 6. The van der Waals surface area contributed by atoms with E-state index in [4.69, 9.17) is 4.74 Å². The Kier molecular flexibility index (Phi) is 4.75. The molecule has 0 aliphatic carbocycles. The van der Waals surface area contributed by atoms with Crippen LogP contribution in [0.15, 0.2) is 52.5 Å². The fraction of sp³-hybridized carbons (Fsp3) is 0.0625. The lowest BCUT2D eigenvalue weighted by molar-refractivity contribution is -0.387. The number of methoxy groups -OCH3 is 1. The Labute approximate surface area is 146 Å². The second kappa shape index (κ2) is 7.14. The van der Waals surface area contributed by atoms with Crippen LogP contribution in [0.25, 0.3) is 11.4 Å². The number of aldehydes is 1. The van der Waals surface area contributed by atoms with E-state index in [1.807, 2.05) is 12.1 Å². The number of nitrogens with zero attached hydrogens (tertiary/aromatic N) is 3. The molecule has 1 aromatic heterocycles. The van der Waals surface area contributed by atoms with Gasteiger partial charge in [0.05, 0.1) is 16.9 Å². The Morgan fingerprint density at radius 2 is 2.00 bits per heavy atom. The lowest BCUT2D eigenvalue weighted by Gasteiger charge is -2.01. The summed E-state index contributed by atoms with van der Waals surface area (Å²) in [5.41, 5.74) is 0.890. The van der Waals surface area contributed by atoms with Crippen molar-refractivity contribution >= 4 is 23.7 Å². The standard InChI is InChI=1S/C16H12N4O4S/c1-24-12-5-3-11(4-6-12)15-17-16(19-18-15)25-14-7-2-10(9-21)8-13(14)20(22)23/h2-9H,1H3,(H,17,18,19). The van der Waals surface area contributed by atoms with Crippen molar-refractivity contribution in [2.75, 3.05) is 7.11 Å². The second-order valence-corrected chi connectivity index (χ2v) is 5.91. The smallest absolute Gasteiger partial charge is 0.284 e. The summed E-state index contributed by atoms with van der Waals surface area (Å²) < 4.78 is 5.10.